The summed E-state index contributed by atoms with van der Waals surface area (Å²) in [5.74, 6) is -0.175. The zero-order valence-corrected chi connectivity index (χ0v) is 14.1. The van der Waals surface area contributed by atoms with Crippen LogP contribution in [0.4, 0.5) is 0 Å². The Labute approximate surface area is 129 Å². The maximum absolute atomic E-state index is 11.9. The Kier molecular flexibility index (Phi) is 8.22. The topological polar surface area (TPSA) is 50.8 Å². The summed E-state index contributed by atoms with van der Waals surface area (Å²) in [7, 11) is 1.45. The standard InChI is InChI=1S/C16H32N2O3/c1-5-17-16(3,15(19)20-4)10-8-11-18(6-2)13-14-9-7-12-21-14/h14,17H,5-13H2,1-4H3. The molecular formula is C16H32N2O3. The average Bonchev–Trinajstić information content (AvgIpc) is 2.98. The van der Waals surface area contributed by atoms with Crippen LogP contribution in [-0.2, 0) is 14.3 Å². The van der Waals surface area contributed by atoms with Crippen LogP contribution in [-0.4, -0.2) is 62.4 Å². The first-order valence-corrected chi connectivity index (χ1v) is 8.23. The van der Waals surface area contributed by atoms with Gasteiger partial charge in [0.25, 0.3) is 0 Å². The molecule has 1 heterocycles. The lowest BCUT2D eigenvalue weighted by molar-refractivity contribution is -0.148. The molecule has 1 fully saturated rings. The molecule has 0 saturated carbocycles. The fourth-order valence-corrected chi connectivity index (χ4v) is 2.99. The first kappa shape index (κ1) is 18.4. The summed E-state index contributed by atoms with van der Waals surface area (Å²) in [6, 6.07) is 0. The summed E-state index contributed by atoms with van der Waals surface area (Å²) >= 11 is 0. The number of methoxy groups -OCH3 is 1. The molecule has 0 spiro atoms. The number of likely N-dealkylation sites (N-methyl/N-ethyl adjacent to an activating group) is 2. The van der Waals surface area contributed by atoms with Crippen molar-refractivity contribution in [1.29, 1.82) is 0 Å². The number of carbonyl (C=O) groups is 1. The van der Waals surface area contributed by atoms with E-state index in [9.17, 15) is 4.79 Å². The monoisotopic (exact) mass is 300 g/mol. The summed E-state index contributed by atoms with van der Waals surface area (Å²) in [5, 5.41) is 3.26. The van der Waals surface area contributed by atoms with Crippen molar-refractivity contribution in [1.82, 2.24) is 10.2 Å². The predicted molar refractivity (Wildman–Crippen MR) is 84.4 cm³/mol. The van der Waals surface area contributed by atoms with Gasteiger partial charge in [0.2, 0.25) is 0 Å². The van der Waals surface area contributed by atoms with Gasteiger partial charge in [0.05, 0.1) is 13.2 Å². The number of ether oxygens (including phenoxy) is 2. The molecule has 2 unspecified atom stereocenters. The zero-order valence-electron chi connectivity index (χ0n) is 14.1. The molecule has 1 saturated heterocycles. The summed E-state index contributed by atoms with van der Waals surface area (Å²) < 4.78 is 10.6. The van der Waals surface area contributed by atoms with Gasteiger partial charge >= 0.3 is 5.97 Å². The molecule has 21 heavy (non-hydrogen) atoms. The van der Waals surface area contributed by atoms with E-state index in [0.717, 1.165) is 45.6 Å². The SMILES string of the molecule is CCNC(C)(CCCN(CC)CC1CCCO1)C(=O)OC. The van der Waals surface area contributed by atoms with Crippen LogP contribution < -0.4 is 5.32 Å². The largest absolute Gasteiger partial charge is 0.468 e. The third-order valence-corrected chi connectivity index (χ3v) is 4.29. The van der Waals surface area contributed by atoms with Crippen LogP contribution in [0.2, 0.25) is 0 Å². The van der Waals surface area contributed by atoms with E-state index in [1.807, 2.05) is 13.8 Å². The Balaban J connectivity index is 2.38. The van der Waals surface area contributed by atoms with E-state index in [4.69, 9.17) is 9.47 Å². The number of nitrogens with one attached hydrogen (secondary N) is 1. The van der Waals surface area contributed by atoms with Crippen molar-refractivity contribution >= 4 is 5.97 Å². The summed E-state index contributed by atoms with van der Waals surface area (Å²) in [5.41, 5.74) is -0.577. The van der Waals surface area contributed by atoms with Gasteiger partial charge < -0.3 is 19.7 Å². The summed E-state index contributed by atoms with van der Waals surface area (Å²) in [6.07, 6.45) is 4.51. The van der Waals surface area contributed by atoms with Gasteiger partial charge in [0.1, 0.15) is 5.54 Å². The third-order valence-electron chi connectivity index (χ3n) is 4.29. The van der Waals surface area contributed by atoms with Gasteiger partial charge in [-0.2, -0.15) is 0 Å². The minimum absolute atomic E-state index is 0.175. The Hall–Kier alpha value is -0.650. The molecule has 124 valence electrons. The van der Waals surface area contributed by atoms with E-state index >= 15 is 0 Å². The maximum atomic E-state index is 11.9. The average molecular weight is 300 g/mol. The summed E-state index contributed by atoms with van der Waals surface area (Å²) in [4.78, 5) is 14.3. The highest BCUT2D eigenvalue weighted by Crippen LogP contribution is 2.17. The third kappa shape index (κ3) is 5.93. The molecule has 1 aliphatic heterocycles. The molecule has 0 aromatic heterocycles. The van der Waals surface area contributed by atoms with Crippen molar-refractivity contribution < 1.29 is 14.3 Å². The number of esters is 1. The molecule has 1 aliphatic rings. The van der Waals surface area contributed by atoms with Crippen molar-refractivity contribution in [3.05, 3.63) is 0 Å². The van der Waals surface area contributed by atoms with Crippen molar-refractivity contribution in [3.8, 4) is 0 Å². The molecule has 0 amide bonds. The van der Waals surface area contributed by atoms with Gasteiger partial charge in [-0.1, -0.05) is 13.8 Å². The summed E-state index contributed by atoms with van der Waals surface area (Å²) in [6.45, 7) is 10.8. The van der Waals surface area contributed by atoms with E-state index in [1.165, 1.54) is 20.0 Å². The lowest BCUT2D eigenvalue weighted by Gasteiger charge is -2.29. The Morgan fingerprint density at radius 2 is 2.24 bits per heavy atom. The van der Waals surface area contributed by atoms with Crippen LogP contribution in [0.1, 0.15) is 46.5 Å². The predicted octanol–water partition coefficient (Wildman–Crippen LogP) is 1.81. The number of hydrogen-bond acceptors (Lipinski definition) is 5. The molecule has 0 bridgehead atoms. The minimum Gasteiger partial charge on any atom is -0.468 e. The second-order valence-electron chi connectivity index (χ2n) is 5.99. The van der Waals surface area contributed by atoms with Gasteiger partial charge in [-0.3, -0.25) is 4.79 Å². The number of hydrogen-bond donors (Lipinski definition) is 1. The maximum Gasteiger partial charge on any atom is 0.325 e. The number of carbonyl (C=O) groups excluding carboxylic acids is 1. The molecule has 5 nitrogen and oxygen atoms in total. The number of nitrogens with zero attached hydrogens (tertiary/aromatic N) is 1. The lowest BCUT2D eigenvalue weighted by Crippen LogP contribution is -2.50. The molecule has 0 aromatic carbocycles. The number of rotatable bonds is 10. The van der Waals surface area contributed by atoms with E-state index in [-0.39, 0.29) is 5.97 Å². The molecule has 1 N–H and O–H groups in total. The minimum atomic E-state index is -0.577. The Bertz CT molecular complexity index is 306. The van der Waals surface area contributed by atoms with Gasteiger partial charge in [-0.25, -0.2) is 0 Å². The van der Waals surface area contributed by atoms with E-state index in [2.05, 4.69) is 17.1 Å². The smallest absolute Gasteiger partial charge is 0.325 e. The fraction of sp³-hybridized carbons (Fsp3) is 0.938. The highest BCUT2D eigenvalue weighted by atomic mass is 16.5. The zero-order chi connectivity index (χ0) is 15.7. The molecule has 1 rings (SSSR count). The van der Waals surface area contributed by atoms with Crippen LogP contribution >= 0.6 is 0 Å². The van der Waals surface area contributed by atoms with E-state index in [1.54, 1.807) is 0 Å². The van der Waals surface area contributed by atoms with Crippen LogP contribution in [0.25, 0.3) is 0 Å². The first-order chi connectivity index (χ1) is 10.1. The van der Waals surface area contributed by atoms with Crippen LogP contribution in [0.5, 0.6) is 0 Å². The van der Waals surface area contributed by atoms with Gasteiger partial charge in [-0.05, 0) is 52.2 Å². The normalized spacial score (nSPS) is 21.5. The fourth-order valence-electron chi connectivity index (χ4n) is 2.99. The molecule has 5 heteroatoms. The quantitative estimate of drug-likeness (QED) is 0.624. The highest BCUT2D eigenvalue weighted by Gasteiger charge is 2.32. The first-order valence-electron chi connectivity index (χ1n) is 8.23. The second kappa shape index (κ2) is 9.38. The van der Waals surface area contributed by atoms with Crippen LogP contribution in [0.15, 0.2) is 0 Å². The Morgan fingerprint density at radius 3 is 2.76 bits per heavy atom. The van der Waals surface area contributed by atoms with Gasteiger partial charge in [0, 0.05) is 13.2 Å². The van der Waals surface area contributed by atoms with Crippen LogP contribution in [0, 0.1) is 0 Å². The molecule has 2 atom stereocenters. The molecular weight excluding hydrogens is 268 g/mol. The van der Waals surface area contributed by atoms with Gasteiger partial charge in [-0.15, -0.1) is 0 Å². The van der Waals surface area contributed by atoms with Crippen molar-refractivity contribution in [3.63, 3.8) is 0 Å². The highest BCUT2D eigenvalue weighted by molar-refractivity contribution is 5.80. The molecule has 0 aliphatic carbocycles. The Morgan fingerprint density at radius 1 is 1.48 bits per heavy atom. The van der Waals surface area contributed by atoms with Crippen molar-refractivity contribution in [2.45, 2.75) is 58.1 Å². The molecule has 0 aromatic rings. The van der Waals surface area contributed by atoms with Crippen molar-refractivity contribution in [2.75, 3.05) is 39.9 Å². The molecule has 0 radical (unpaired) electrons. The van der Waals surface area contributed by atoms with Gasteiger partial charge in [0.15, 0.2) is 0 Å². The van der Waals surface area contributed by atoms with Crippen molar-refractivity contribution in [2.24, 2.45) is 0 Å². The van der Waals surface area contributed by atoms with E-state index < -0.39 is 5.54 Å². The lowest BCUT2D eigenvalue weighted by atomic mass is 9.95. The second-order valence-corrected chi connectivity index (χ2v) is 5.99. The van der Waals surface area contributed by atoms with E-state index in [0.29, 0.717) is 6.10 Å². The van der Waals surface area contributed by atoms with Crippen LogP contribution in [0.3, 0.4) is 0 Å².